The maximum atomic E-state index is 11.8. The summed E-state index contributed by atoms with van der Waals surface area (Å²) in [5.41, 5.74) is 6.41. The zero-order chi connectivity index (χ0) is 18.9. The molecule has 26 heavy (non-hydrogen) atoms. The van der Waals surface area contributed by atoms with E-state index in [-0.39, 0.29) is 11.5 Å². The number of carbonyl (C=O) groups is 1. The molecule has 142 valence electrons. The second-order valence-electron chi connectivity index (χ2n) is 5.34. The van der Waals surface area contributed by atoms with Gasteiger partial charge in [-0.2, -0.15) is 0 Å². The lowest BCUT2D eigenvalue weighted by atomic mass is 10.2. The third-order valence-corrected chi connectivity index (χ3v) is 4.20. The number of nitrogens with zero attached hydrogens (tertiary/aromatic N) is 2. The Hall–Kier alpha value is -2.33. The van der Waals surface area contributed by atoms with Crippen LogP contribution in [0, 0.1) is 0 Å². The zero-order valence-electron chi connectivity index (χ0n) is 14.7. The Balaban J connectivity index is 1.88. The van der Waals surface area contributed by atoms with Gasteiger partial charge >= 0.3 is 0 Å². The molecule has 4 N–H and O–H groups in total. The Morgan fingerprint density at radius 2 is 2.15 bits per heavy atom. The molecule has 0 atom stereocenters. The highest BCUT2D eigenvalue weighted by molar-refractivity contribution is 9.10. The Morgan fingerprint density at radius 3 is 2.81 bits per heavy atom. The molecule has 1 aromatic heterocycles. The van der Waals surface area contributed by atoms with Crippen LogP contribution in [0.3, 0.4) is 0 Å². The van der Waals surface area contributed by atoms with Gasteiger partial charge in [-0.05, 0) is 28.9 Å². The number of rotatable bonds is 10. The van der Waals surface area contributed by atoms with Crippen LogP contribution in [0.2, 0.25) is 0 Å². The summed E-state index contributed by atoms with van der Waals surface area (Å²) < 4.78 is 16.5. The van der Waals surface area contributed by atoms with Gasteiger partial charge in [0.2, 0.25) is 11.5 Å². The number of benzene rings is 1. The SMILES string of the molecule is CCCOc1c(OC)ccc(Br)c1CNCCNC(=O)c1nonc1N. The van der Waals surface area contributed by atoms with Crippen molar-refractivity contribution in [2.24, 2.45) is 0 Å². The molecule has 0 bridgehead atoms. The average molecular weight is 428 g/mol. The maximum absolute atomic E-state index is 11.8. The van der Waals surface area contributed by atoms with Gasteiger partial charge in [-0.3, -0.25) is 4.79 Å². The molecular weight excluding hydrogens is 406 g/mol. The lowest BCUT2D eigenvalue weighted by molar-refractivity contribution is 0.0944. The molecule has 10 heteroatoms. The van der Waals surface area contributed by atoms with Gasteiger partial charge in [-0.1, -0.05) is 22.9 Å². The summed E-state index contributed by atoms with van der Waals surface area (Å²) in [5, 5.41) is 12.8. The number of amides is 1. The summed E-state index contributed by atoms with van der Waals surface area (Å²) in [6.07, 6.45) is 0.897. The first-order chi connectivity index (χ1) is 12.6. The largest absolute Gasteiger partial charge is 0.493 e. The Bertz CT molecular complexity index is 737. The van der Waals surface area contributed by atoms with Crippen LogP contribution >= 0.6 is 15.9 Å². The minimum absolute atomic E-state index is 0.0178. The normalized spacial score (nSPS) is 10.6. The van der Waals surface area contributed by atoms with Gasteiger partial charge in [-0.15, -0.1) is 0 Å². The van der Waals surface area contributed by atoms with Gasteiger partial charge in [0.25, 0.3) is 5.91 Å². The molecule has 2 aromatic rings. The molecule has 0 spiro atoms. The van der Waals surface area contributed by atoms with E-state index in [4.69, 9.17) is 15.2 Å². The molecule has 0 unspecified atom stereocenters. The Labute approximate surface area is 159 Å². The third-order valence-electron chi connectivity index (χ3n) is 3.46. The van der Waals surface area contributed by atoms with Crippen molar-refractivity contribution >= 4 is 27.7 Å². The number of hydrogen-bond donors (Lipinski definition) is 3. The summed E-state index contributed by atoms with van der Waals surface area (Å²) in [6.45, 7) is 4.11. The molecule has 0 aliphatic rings. The second kappa shape index (κ2) is 9.97. The molecular formula is C16H22BrN5O4. The van der Waals surface area contributed by atoms with E-state index >= 15 is 0 Å². The summed E-state index contributed by atoms with van der Waals surface area (Å²) in [7, 11) is 1.61. The Morgan fingerprint density at radius 1 is 1.35 bits per heavy atom. The predicted octanol–water partition coefficient (Wildman–Crippen LogP) is 1.73. The van der Waals surface area contributed by atoms with Crippen molar-refractivity contribution in [2.45, 2.75) is 19.9 Å². The van der Waals surface area contributed by atoms with E-state index < -0.39 is 5.91 Å². The number of carbonyl (C=O) groups excluding carboxylic acids is 1. The van der Waals surface area contributed by atoms with E-state index in [0.717, 1.165) is 16.5 Å². The van der Waals surface area contributed by atoms with Crippen molar-refractivity contribution in [2.75, 3.05) is 32.5 Å². The molecule has 0 saturated carbocycles. The number of nitrogen functional groups attached to an aromatic ring is 1. The van der Waals surface area contributed by atoms with Gasteiger partial charge < -0.3 is 25.8 Å². The standard InChI is InChI=1S/C16H22BrN5O4/c1-3-8-25-14-10(11(17)4-5-12(14)24-2)9-19-6-7-20-16(23)13-15(18)22-26-21-13/h4-5,19H,3,6-9H2,1-2H3,(H2,18,22)(H,20,23). The molecule has 0 saturated heterocycles. The fourth-order valence-electron chi connectivity index (χ4n) is 2.18. The second-order valence-corrected chi connectivity index (χ2v) is 6.19. The van der Waals surface area contributed by atoms with Crippen LogP contribution in [-0.2, 0) is 6.54 Å². The van der Waals surface area contributed by atoms with Crippen LogP contribution in [0.25, 0.3) is 0 Å². The van der Waals surface area contributed by atoms with E-state index in [1.54, 1.807) is 7.11 Å². The van der Waals surface area contributed by atoms with Crippen LogP contribution in [0.15, 0.2) is 21.2 Å². The third kappa shape index (κ3) is 5.09. The summed E-state index contributed by atoms with van der Waals surface area (Å²) in [5.74, 6) is 0.927. The van der Waals surface area contributed by atoms with Crippen LogP contribution in [0.1, 0.15) is 29.4 Å². The maximum Gasteiger partial charge on any atom is 0.277 e. The van der Waals surface area contributed by atoms with Crippen molar-refractivity contribution in [3.05, 3.63) is 27.9 Å². The number of methoxy groups -OCH3 is 1. The first-order valence-electron chi connectivity index (χ1n) is 8.13. The molecule has 0 aliphatic carbocycles. The smallest absolute Gasteiger partial charge is 0.277 e. The molecule has 1 heterocycles. The van der Waals surface area contributed by atoms with Crippen molar-refractivity contribution in [3.8, 4) is 11.5 Å². The summed E-state index contributed by atoms with van der Waals surface area (Å²) >= 11 is 3.54. The van der Waals surface area contributed by atoms with Crippen molar-refractivity contribution < 1.29 is 18.9 Å². The van der Waals surface area contributed by atoms with Gasteiger partial charge in [0.1, 0.15) is 0 Å². The van der Waals surface area contributed by atoms with Gasteiger partial charge in [0.05, 0.1) is 13.7 Å². The van der Waals surface area contributed by atoms with Crippen LogP contribution in [0.5, 0.6) is 11.5 Å². The number of ether oxygens (including phenoxy) is 2. The minimum Gasteiger partial charge on any atom is -0.493 e. The highest BCUT2D eigenvalue weighted by Gasteiger charge is 2.16. The van der Waals surface area contributed by atoms with Crippen LogP contribution in [0.4, 0.5) is 5.82 Å². The summed E-state index contributed by atoms with van der Waals surface area (Å²) in [4.78, 5) is 11.8. The van der Waals surface area contributed by atoms with Crippen molar-refractivity contribution in [3.63, 3.8) is 0 Å². The van der Waals surface area contributed by atoms with Crippen LogP contribution < -0.4 is 25.8 Å². The molecule has 0 fully saturated rings. The molecule has 1 aromatic carbocycles. The first kappa shape index (κ1) is 20.0. The first-order valence-corrected chi connectivity index (χ1v) is 8.92. The lowest BCUT2D eigenvalue weighted by Gasteiger charge is -2.17. The van der Waals surface area contributed by atoms with E-state index in [9.17, 15) is 4.79 Å². The molecule has 0 aliphatic heterocycles. The molecule has 2 rings (SSSR count). The monoisotopic (exact) mass is 427 g/mol. The number of halogens is 1. The summed E-state index contributed by atoms with van der Waals surface area (Å²) in [6, 6.07) is 3.77. The number of hydrogen-bond acceptors (Lipinski definition) is 8. The fourth-order valence-corrected chi connectivity index (χ4v) is 2.64. The number of nitrogens with one attached hydrogen (secondary N) is 2. The lowest BCUT2D eigenvalue weighted by Crippen LogP contribution is -2.32. The van der Waals surface area contributed by atoms with Crippen molar-refractivity contribution in [1.29, 1.82) is 0 Å². The topological polar surface area (TPSA) is 125 Å². The van der Waals surface area contributed by atoms with E-state index in [1.165, 1.54) is 0 Å². The van der Waals surface area contributed by atoms with Gasteiger partial charge in [0, 0.05) is 29.7 Å². The zero-order valence-corrected chi connectivity index (χ0v) is 16.3. The number of aromatic nitrogens is 2. The fraction of sp³-hybridized carbons (Fsp3) is 0.438. The van der Waals surface area contributed by atoms with E-state index in [1.807, 2.05) is 19.1 Å². The van der Waals surface area contributed by atoms with Gasteiger partial charge in [0.15, 0.2) is 11.5 Å². The molecule has 9 nitrogen and oxygen atoms in total. The quantitative estimate of drug-likeness (QED) is 0.489. The predicted molar refractivity (Wildman–Crippen MR) is 99.2 cm³/mol. The number of anilines is 1. The number of nitrogens with two attached hydrogens (primary N) is 1. The highest BCUT2D eigenvalue weighted by atomic mass is 79.9. The van der Waals surface area contributed by atoms with Crippen molar-refractivity contribution in [1.82, 2.24) is 20.9 Å². The molecule has 1 amide bonds. The average Bonchev–Trinajstić information content (AvgIpc) is 3.07. The van der Waals surface area contributed by atoms with E-state index in [2.05, 4.69) is 41.5 Å². The van der Waals surface area contributed by atoms with Crippen LogP contribution in [-0.4, -0.2) is 43.0 Å². The Kier molecular flexibility index (Phi) is 7.67. The van der Waals surface area contributed by atoms with E-state index in [0.29, 0.717) is 37.7 Å². The minimum atomic E-state index is -0.430. The highest BCUT2D eigenvalue weighted by Crippen LogP contribution is 2.36. The van der Waals surface area contributed by atoms with Gasteiger partial charge in [-0.25, -0.2) is 4.63 Å². The molecule has 0 radical (unpaired) electrons.